The zero-order chi connectivity index (χ0) is 14.5. The first kappa shape index (κ1) is 13.4. The maximum absolute atomic E-state index is 11.9. The van der Waals surface area contributed by atoms with Crippen molar-refractivity contribution >= 4 is 17.4 Å². The van der Waals surface area contributed by atoms with Crippen LogP contribution in [0.3, 0.4) is 0 Å². The quantitative estimate of drug-likeness (QED) is 0.904. The van der Waals surface area contributed by atoms with Gasteiger partial charge in [0.2, 0.25) is 0 Å². The van der Waals surface area contributed by atoms with Crippen LogP contribution in [0.15, 0.2) is 36.9 Å². The van der Waals surface area contributed by atoms with Crippen LogP contribution in [0.25, 0.3) is 0 Å². The zero-order valence-corrected chi connectivity index (χ0v) is 11.4. The second-order valence-electron chi connectivity index (χ2n) is 4.55. The van der Waals surface area contributed by atoms with E-state index in [-0.39, 0.29) is 11.6 Å². The molecule has 1 aliphatic heterocycles. The molecular formula is C14H15N5O2. The molecule has 2 aromatic heterocycles. The van der Waals surface area contributed by atoms with E-state index in [9.17, 15) is 4.79 Å². The van der Waals surface area contributed by atoms with Crippen LogP contribution >= 0.6 is 0 Å². The number of amides is 1. The van der Waals surface area contributed by atoms with E-state index in [4.69, 9.17) is 4.74 Å². The normalized spacial score (nSPS) is 14.8. The van der Waals surface area contributed by atoms with Crippen LogP contribution in [0, 0.1) is 0 Å². The number of ether oxygens (including phenoxy) is 1. The van der Waals surface area contributed by atoms with Crippen molar-refractivity contribution in [3.8, 4) is 0 Å². The summed E-state index contributed by atoms with van der Waals surface area (Å²) in [5.41, 5.74) is 0.900. The molecule has 1 saturated heterocycles. The van der Waals surface area contributed by atoms with Crippen LogP contribution < -0.4 is 10.2 Å². The number of nitrogens with zero attached hydrogens (tertiary/aromatic N) is 4. The van der Waals surface area contributed by atoms with Gasteiger partial charge < -0.3 is 15.0 Å². The number of hydrogen-bond acceptors (Lipinski definition) is 6. The first-order chi connectivity index (χ1) is 10.3. The second kappa shape index (κ2) is 6.27. The highest BCUT2D eigenvalue weighted by Crippen LogP contribution is 2.15. The van der Waals surface area contributed by atoms with Crippen LogP contribution in [0.4, 0.5) is 11.5 Å². The first-order valence-electron chi connectivity index (χ1n) is 6.69. The predicted molar refractivity (Wildman–Crippen MR) is 77.3 cm³/mol. The van der Waals surface area contributed by atoms with Crippen molar-refractivity contribution in [2.45, 2.75) is 0 Å². The average Bonchev–Trinajstić information content (AvgIpc) is 2.57. The van der Waals surface area contributed by atoms with Gasteiger partial charge in [-0.05, 0) is 12.1 Å². The van der Waals surface area contributed by atoms with Gasteiger partial charge in [0, 0.05) is 25.5 Å². The van der Waals surface area contributed by atoms with Gasteiger partial charge in [-0.2, -0.15) is 0 Å². The molecule has 0 aliphatic carbocycles. The van der Waals surface area contributed by atoms with Crippen molar-refractivity contribution in [3.63, 3.8) is 0 Å². The molecule has 3 heterocycles. The minimum Gasteiger partial charge on any atom is -0.378 e. The maximum Gasteiger partial charge on any atom is 0.275 e. The zero-order valence-electron chi connectivity index (χ0n) is 11.4. The largest absolute Gasteiger partial charge is 0.378 e. The van der Waals surface area contributed by atoms with E-state index in [1.54, 1.807) is 6.20 Å². The third kappa shape index (κ3) is 3.32. The van der Waals surface area contributed by atoms with Gasteiger partial charge >= 0.3 is 0 Å². The first-order valence-corrected chi connectivity index (χ1v) is 6.69. The van der Waals surface area contributed by atoms with Crippen molar-refractivity contribution in [1.29, 1.82) is 0 Å². The summed E-state index contributed by atoms with van der Waals surface area (Å²) in [7, 11) is 0. The Morgan fingerprint density at radius 1 is 1.14 bits per heavy atom. The topological polar surface area (TPSA) is 80.2 Å². The summed E-state index contributed by atoms with van der Waals surface area (Å²) in [5.74, 6) is 0.583. The molecule has 1 aliphatic rings. The smallest absolute Gasteiger partial charge is 0.275 e. The summed E-state index contributed by atoms with van der Waals surface area (Å²) in [4.78, 5) is 26.3. The van der Waals surface area contributed by atoms with Crippen LogP contribution in [0.1, 0.15) is 10.5 Å². The number of hydrogen-bond donors (Lipinski definition) is 1. The number of aromatic nitrogens is 3. The Balaban J connectivity index is 1.65. The molecule has 0 bridgehead atoms. The minimum atomic E-state index is -0.302. The maximum atomic E-state index is 11.9. The number of morpholine rings is 1. The van der Waals surface area contributed by atoms with E-state index in [1.165, 1.54) is 18.6 Å². The number of carbonyl (C=O) groups excluding carboxylic acids is 1. The Morgan fingerprint density at radius 2 is 2.00 bits per heavy atom. The third-order valence-electron chi connectivity index (χ3n) is 3.14. The number of pyridine rings is 1. The highest BCUT2D eigenvalue weighted by Gasteiger charge is 2.12. The molecule has 1 fully saturated rings. The molecule has 0 aromatic carbocycles. The van der Waals surface area contributed by atoms with Crippen LogP contribution in [0.2, 0.25) is 0 Å². The summed E-state index contributed by atoms with van der Waals surface area (Å²) in [6.45, 7) is 3.09. The van der Waals surface area contributed by atoms with E-state index >= 15 is 0 Å². The Kier molecular flexibility index (Phi) is 4.02. The predicted octanol–water partition coefficient (Wildman–Crippen LogP) is 0.960. The SMILES string of the molecule is O=C(Nc1ccc(N2CCOCC2)nc1)c1cnccn1. The van der Waals surface area contributed by atoms with E-state index in [2.05, 4.69) is 25.2 Å². The molecule has 3 rings (SSSR count). The van der Waals surface area contributed by atoms with Gasteiger partial charge in [-0.15, -0.1) is 0 Å². The molecule has 0 radical (unpaired) electrons. The lowest BCUT2D eigenvalue weighted by Crippen LogP contribution is -2.36. The summed E-state index contributed by atoms with van der Waals surface area (Å²) >= 11 is 0. The van der Waals surface area contributed by atoms with E-state index < -0.39 is 0 Å². The molecule has 7 heteroatoms. The fraction of sp³-hybridized carbons (Fsp3) is 0.286. The van der Waals surface area contributed by atoms with Crippen molar-refractivity contribution < 1.29 is 9.53 Å². The Bertz CT molecular complexity index is 597. The fourth-order valence-corrected chi connectivity index (χ4v) is 2.05. The van der Waals surface area contributed by atoms with Gasteiger partial charge in [0.1, 0.15) is 11.5 Å². The Labute approximate surface area is 122 Å². The summed E-state index contributed by atoms with van der Waals surface area (Å²) in [6.07, 6.45) is 6.06. The minimum absolute atomic E-state index is 0.273. The highest BCUT2D eigenvalue weighted by molar-refractivity contribution is 6.02. The number of carbonyl (C=O) groups is 1. The van der Waals surface area contributed by atoms with Gasteiger partial charge in [-0.1, -0.05) is 0 Å². The van der Waals surface area contributed by atoms with E-state index in [0.29, 0.717) is 18.9 Å². The van der Waals surface area contributed by atoms with E-state index in [0.717, 1.165) is 18.9 Å². The van der Waals surface area contributed by atoms with Gasteiger partial charge in [0.15, 0.2) is 0 Å². The number of anilines is 2. The summed E-state index contributed by atoms with van der Waals surface area (Å²) in [6, 6.07) is 3.71. The average molecular weight is 285 g/mol. The van der Waals surface area contributed by atoms with E-state index in [1.807, 2.05) is 12.1 Å². The van der Waals surface area contributed by atoms with Gasteiger partial charge in [0.05, 0.1) is 31.3 Å². The molecule has 1 amide bonds. The fourth-order valence-electron chi connectivity index (χ4n) is 2.05. The third-order valence-corrected chi connectivity index (χ3v) is 3.14. The van der Waals surface area contributed by atoms with Gasteiger partial charge in [-0.25, -0.2) is 9.97 Å². The highest BCUT2D eigenvalue weighted by atomic mass is 16.5. The molecule has 0 atom stereocenters. The lowest BCUT2D eigenvalue weighted by atomic mass is 10.3. The van der Waals surface area contributed by atoms with Crippen LogP contribution in [0.5, 0.6) is 0 Å². The Hall–Kier alpha value is -2.54. The Morgan fingerprint density at radius 3 is 2.67 bits per heavy atom. The van der Waals surface area contributed by atoms with Crippen molar-refractivity contribution in [2.75, 3.05) is 36.5 Å². The number of rotatable bonds is 3. The molecular weight excluding hydrogens is 270 g/mol. The standard InChI is InChI=1S/C14H15N5O2/c20-14(12-10-15-3-4-16-12)18-11-1-2-13(17-9-11)19-5-7-21-8-6-19/h1-4,9-10H,5-8H2,(H,18,20). The van der Waals surface area contributed by atoms with Gasteiger partial charge in [0.25, 0.3) is 5.91 Å². The molecule has 0 spiro atoms. The lowest BCUT2D eigenvalue weighted by molar-refractivity contribution is 0.102. The summed E-state index contributed by atoms with van der Waals surface area (Å²) in [5, 5.41) is 2.74. The molecule has 21 heavy (non-hydrogen) atoms. The molecule has 108 valence electrons. The summed E-state index contributed by atoms with van der Waals surface area (Å²) < 4.78 is 5.31. The molecule has 1 N–H and O–H groups in total. The van der Waals surface area contributed by atoms with Crippen molar-refractivity contribution in [1.82, 2.24) is 15.0 Å². The number of nitrogens with one attached hydrogen (secondary N) is 1. The molecule has 0 saturated carbocycles. The van der Waals surface area contributed by atoms with Crippen molar-refractivity contribution in [2.24, 2.45) is 0 Å². The molecule has 2 aromatic rings. The molecule has 0 unspecified atom stereocenters. The van der Waals surface area contributed by atoms with Crippen LogP contribution in [-0.2, 0) is 4.74 Å². The monoisotopic (exact) mass is 285 g/mol. The van der Waals surface area contributed by atoms with Crippen LogP contribution in [-0.4, -0.2) is 47.2 Å². The lowest BCUT2D eigenvalue weighted by Gasteiger charge is -2.27. The van der Waals surface area contributed by atoms with Gasteiger partial charge in [-0.3, -0.25) is 9.78 Å². The molecule has 7 nitrogen and oxygen atoms in total. The second-order valence-corrected chi connectivity index (χ2v) is 4.55. The van der Waals surface area contributed by atoms with Crippen molar-refractivity contribution in [3.05, 3.63) is 42.6 Å².